The van der Waals surface area contributed by atoms with E-state index in [2.05, 4.69) is 4.98 Å². The van der Waals surface area contributed by atoms with Gasteiger partial charge in [0.05, 0.1) is 12.0 Å². The quantitative estimate of drug-likeness (QED) is 0.701. The van der Waals surface area contributed by atoms with Gasteiger partial charge >= 0.3 is 0 Å². The maximum Gasteiger partial charge on any atom is 0.215 e. The third-order valence-corrected chi connectivity index (χ3v) is 2.03. The van der Waals surface area contributed by atoms with Crippen LogP contribution in [0.15, 0.2) is 17.2 Å². The molecule has 0 aromatic carbocycles. The van der Waals surface area contributed by atoms with Crippen molar-refractivity contribution in [1.82, 2.24) is 4.98 Å². The summed E-state index contributed by atoms with van der Waals surface area (Å²) in [4.78, 5) is 4.13. The Morgan fingerprint density at radius 2 is 2.33 bits per heavy atom. The number of ether oxygens (including phenoxy) is 1. The Hall–Kier alpha value is -0.940. The largest absolute Gasteiger partial charge is 0.481 e. The van der Waals surface area contributed by atoms with Crippen molar-refractivity contribution in [2.75, 3.05) is 7.11 Å². The Kier molecular flexibility index (Phi) is 2.78. The topological polar surface area (TPSA) is 59.4 Å². The predicted molar refractivity (Wildman–Crippen MR) is 44.6 cm³/mol. The molecule has 1 rings (SSSR count). The normalized spacial score (nSPS) is 12.6. The van der Waals surface area contributed by atoms with Crippen LogP contribution in [-0.2, 0) is 11.1 Å². The van der Waals surface area contributed by atoms with Crippen LogP contribution in [-0.4, -0.2) is 20.9 Å². The fraction of sp³-hybridized carbons (Fsp3) is 0.286. The van der Waals surface area contributed by atoms with Gasteiger partial charge in [0.2, 0.25) is 5.88 Å². The smallest absolute Gasteiger partial charge is 0.215 e. The Labute approximate surface area is 72.9 Å². The average Bonchev–Trinajstić information content (AvgIpc) is 2.04. The standard InChI is InChI=1S/C7H9NO3S/c1-5-3-6(12(9)10)4-8-7(5)11-2/h3-4H,1-2H3,(H,9,10). The van der Waals surface area contributed by atoms with E-state index in [1.54, 1.807) is 13.0 Å². The molecule has 0 aliphatic carbocycles. The van der Waals surface area contributed by atoms with Crippen LogP contribution in [0.4, 0.5) is 0 Å². The fourth-order valence-electron chi connectivity index (χ4n) is 0.846. The predicted octanol–water partition coefficient (Wildman–Crippen LogP) is 0.979. The van der Waals surface area contributed by atoms with Crippen LogP contribution in [0.2, 0.25) is 0 Å². The van der Waals surface area contributed by atoms with Crippen LogP contribution in [0.25, 0.3) is 0 Å². The highest BCUT2D eigenvalue weighted by Gasteiger charge is 2.04. The number of pyridine rings is 1. The summed E-state index contributed by atoms with van der Waals surface area (Å²) in [5.41, 5.74) is 0.748. The zero-order chi connectivity index (χ0) is 9.14. The Morgan fingerprint density at radius 1 is 1.67 bits per heavy atom. The number of nitrogens with zero attached hydrogens (tertiary/aromatic N) is 1. The van der Waals surface area contributed by atoms with Crippen LogP contribution in [0.5, 0.6) is 5.88 Å². The van der Waals surface area contributed by atoms with Gasteiger partial charge in [-0.05, 0) is 13.0 Å². The summed E-state index contributed by atoms with van der Waals surface area (Å²) in [5.74, 6) is 0.476. The van der Waals surface area contributed by atoms with Gasteiger partial charge in [0, 0.05) is 11.8 Å². The van der Waals surface area contributed by atoms with Crippen molar-refractivity contribution >= 4 is 11.1 Å². The molecule has 0 aliphatic rings. The molecular weight excluding hydrogens is 178 g/mol. The molecule has 1 unspecified atom stereocenters. The first-order chi connectivity index (χ1) is 5.65. The molecule has 1 aromatic heterocycles. The number of aromatic nitrogens is 1. The van der Waals surface area contributed by atoms with Crippen molar-refractivity contribution in [2.24, 2.45) is 0 Å². The molecular formula is C7H9NO3S. The van der Waals surface area contributed by atoms with Gasteiger partial charge in [-0.3, -0.25) is 0 Å². The summed E-state index contributed by atoms with van der Waals surface area (Å²) < 4.78 is 24.2. The zero-order valence-corrected chi connectivity index (χ0v) is 7.59. The third-order valence-electron chi connectivity index (χ3n) is 1.40. The van der Waals surface area contributed by atoms with E-state index in [-0.39, 0.29) is 4.90 Å². The minimum absolute atomic E-state index is 0.285. The second-order valence-electron chi connectivity index (χ2n) is 2.25. The maximum atomic E-state index is 10.6. The Bertz CT molecular complexity index is 314. The second kappa shape index (κ2) is 3.64. The lowest BCUT2D eigenvalue weighted by atomic mass is 10.3. The number of aryl methyl sites for hydroxylation is 1. The molecule has 4 nitrogen and oxygen atoms in total. The third kappa shape index (κ3) is 1.80. The van der Waals surface area contributed by atoms with Crippen molar-refractivity contribution in [3.8, 4) is 5.88 Å². The Morgan fingerprint density at radius 3 is 2.75 bits per heavy atom. The van der Waals surface area contributed by atoms with Crippen LogP contribution in [0.3, 0.4) is 0 Å². The van der Waals surface area contributed by atoms with E-state index in [0.717, 1.165) is 5.56 Å². The zero-order valence-electron chi connectivity index (χ0n) is 6.77. The van der Waals surface area contributed by atoms with Crippen molar-refractivity contribution in [1.29, 1.82) is 0 Å². The number of hydrogen-bond donors (Lipinski definition) is 1. The SMILES string of the molecule is COc1ncc(S(=O)O)cc1C. The van der Waals surface area contributed by atoms with E-state index >= 15 is 0 Å². The van der Waals surface area contributed by atoms with Gasteiger partial charge in [-0.25, -0.2) is 9.19 Å². The Balaban J connectivity index is 3.10. The van der Waals surface area contributed by atoms with E-state index < -0.39 is 11.1 Å². The molecule has 1 N–H and O–H groups in total. The van der Waals surface area contributed by atoms with Crippen LogP contribution < -0.4 is 4.74 Å². The second-order valence-corrected chi connectivity index (χ2v) is 3.22. The highest BCUT2D eigenvalue weighted by Crippen LogP contribution is 2.15. The molecule has 5 heteroatoms. The lowest BCUT2D eigenvalue weighted by Gasteiger charge is -2.02. The summed E-state index contributed by atoms with van der Waals surface area (Å²) >= 11 is -1.97. The van der Waals surface area contributed by atoms with Crippen molar-refractivity contribution < 1.29 is 13.5 Å². The molecule has 0 aliphatic heterocycles. The van der Waals surface area contributed by atoms with E-state index in [9.17, 15) is 4.21 Å². The highest BCUT2D eigenvalue weighted by molar-refractivity contribution is 7.79. The molecule has 1 atom stereocenters. The van der Waals surface area contributed by atoms with Gasteiger partial charge < -0.3 is 9.29 Å². The summed E-state index contributed by atoms with van der Waals surface area (Å²) in [5, 5.41) is 0. The van der Waals surface area contributed by atoms with Gasteiger partial charge in [0.25, 0.3) is 0 Å². The number of methoxy groups -OCH3 is 1. The first-order valence-corrected chi connectivity index (χ1v) is 4.37. The molecule has 1 heterocycles. The molecule has 66 valence electrons. The maximum absolute atomic E-state index is 10.6. The van der Waals surface area contributed by atoms with Crippen LogP contribution in [0.1, 0.15) is 5.56 Å². The van der Waals surface area contributed by atoms with Gasteiger partial charge in [-0.15, -0.1) is 0 Å². The van der Waals surface area contributed by atoms with Gasteiger partial charge in [0.15, 0.2) is 11.1 Å². The summed E-state index contributed by atoms with van der Waals surface area (Å²) in [6.45, 7) is 1.77. The van der Waals surface area contributed by atoms with Crippen LogP contribution >= 0.6 is 0 Å². The van der Waals surface area contributed by atoms with E-state index in [1.165, 1.54) is 13.3 Å². The summed E-state index contributed by atoms with van der Waals surface area (Å²) in [6.07, 6.45) is 1.32. The van der Waals surface area contributed by atoms with Crippen LogP contribution in [0, 0.1) is 6.92 Å². The summed E-state index contributed by atoms with van der Waals surface area (Å²) in [6, 6.07) is 1.57. The molecule has 0 bridgehead atoms. The number of rotatable bonds is 2. The molecule has 12 heavy (non-hydrogen) atoms. The fourth-order valence-corrected chi connectivity index (χ4v) is 1.27. The van der Waals surface area contributed by atoms with Crippen molar-refractivity contribution in [3.63, 3.8) is 0 Å². The van der Waals surface area contributed by atoms with Crippen molar-refractivity contribution in [3.05, 3.63) is 17.8 Å². The summed E-state index contributed by atoms with van der Waals surface area (Å²) in [7, 11) is 1.50. The van der Waals surface area contributed by atoms with E-state index in [4.69, 9.17) is 9.29 Å². The average molecular weight is 187 g/mol. The molecule has 0 fully saturated rings. The van der Waals surface area contributed by atoms with Crippen molar-refractivity contribution in [2.45, 2.75) is 11.8 Å². The molecule has 0 radical (unpaired) electrons. The van der Waals surface area contributed by atoms with Gasteiger partial charge in [-0.1, -0.05) is 0 Å². The minimum atomic E-state index is -1.97. The van der Waals surface area contributed by atoms with Gasteiger partial charge in [0.1, 0.15) is 0 Å². The van der Waals surface area contributed by atoms with E-state index in [1.807, 2.05) is 0 Å². The van der Waals surface area contributed by atoms with Gasteiger partial charge in [-0.2, -0.15) is 0 Å². The molecule has 0 spiro atoms. The first-order valence-electron chi connectivity index (χ1n) is 3.26. The first kappa shape index (κ1) is 9.15. The molecule has 0 saturated carbocycles. The highest BCUT2D eigenvalue weighted by atomic mass is 32.2. The minimum Gasteiger partial charge on any atom is -0.481 e. The lowest BCUT2D eigenvalue weighted by Crippen LogP contribution is -1.95. The molecule has 1 aromatic rings. The molecule has 0 saturated heterocycles. The monoisotopic (exact) mass is 187 g/mol. The number of hydrogen-bond acceptors (Lipinski definition) is 3. The molecule has 0 amide bonds. The van der Waals surface area contributed by atoms with E-state index in [0.29, 0.717) is 5.88 Å². The lowest BCUT2D eigenvalue weighted by molar-refractivity contribution is 0.393.